The van der Waals surface area contributed by atoms with Crippen molar-refractivity contribution in [3.63, 3.8) is 0 Å². The van der Waals surface area contributed by atoms with Gasteiger partial charge >= 0.3 is 5.97 Å². The van der Waals surface area contributed by atoms with Gasteiger partial charge in [-0.15, -0.1) is 0 Å². The van der Waals surface area contributed by atoms with E-state index >= 15 is 0 Å². The van der Waals surface area contributed by atoms with Crippen LogP contribution in [0.15, 0.2) is 18.2 Å². The molecule has 0 spiro atoms. The Morgan fingerprint density at radius 2 is 2.05 bits per heavy atom. The van der Waals surface area contributed by atoms with Crippen molar-refractivity contribution >= 4 is 17.6 Å². The SMILES string of the molecule is Cc1cc(NCC2(C(=O)O)CCOCC2)ccc1C(N)=O. The summed E-state index contributed by atoms with van der Waals surface area (Å²) in [6.07, 6.45) is 0.987. The van der Waals surface area contributed by atoms with Gasteiger partial charge in [0.2, 0.25) is 5.91 Å². The number of rotatable bonds is 5. The van der Waals surface area contributed by atoms with E-state index in [4.69, 9.17) is 10.5 Å². The molecule has 1 aromatic carbocycles. The zero-order valence-electron chi connectivity index (χ0n) is 12.0. The largest absolute Gasteiger partial charge is 0.481 e. The van der Waals surface area contributed by atoms with E-state index in [1.54, 1.807) is 25.1 Å². The van der Waals surface area contributed by atoms with Gasteiger partial charge in [-0.2, -0.15) is 0 Å². The first-order chi connectivity index (χ1) is 9.94. The smallest absolute Gasteiger partial charge is 0.311 e. The molecular weight excluding hydrogens is 272 g/mol. The van der Waals surface area contributed by atoms with Gasteiger partial charge < -0.3 is 20.9 Å². The van der Waals surface area contributed by atoms with Crippen molar-refractivity contribution in [1.82, 2.24) is 0 Å². The van der Waals surface area contributed by atoms with Crippen molar-refractivity contribution in [1.29, 1.82) is 0 Å². The van der Waals surface area contributed by atoms with Crippen LogP contribution in [0.2, 0.25) is 0 Å². The van der Waals surface area contributed by atoms with Crippen LogP contribution in [0.25, 0.3) is 0 Å². The monoisotopic (exact) mass is 292 g/mol. The van der Waals surface area contributed by atoms with Crippen LogP contribution in [0.5, 0.6) is 0 Å². The first kappa shape index (κ1) is 15.3. The normalized spacial score (nSPS) is 17.2. The number of nitrogens with two attached hydrogens (primary N) is 1. The number of hydrogen-bond acceptors (Lipinski definition) is 4. The molecule has 1 heterocycles. The van der Waals surface area contributed by atoms with Gasteiger partial charge in [0.05, 0.1) is 5.41 Å². The lowest BCUT2D eigenvalue weighted by Crippen LogP contribution is -2.42. The number of benzene rings is 1. The van der Waals surface area contributed by atoms with Crippen molar-refractivity contribution in [2.24, 2.45) is 11.1 Å². The van der Waals surface area contributed by atoms with Crippen molar-refractivity contribution in [3.8, 4) is 0 Å². The Bertz CT molecular complexity index is 551. The summed E-state index contributed by atoms with van der Waals surface area (Å²) in [5.41, 5.74) is 6.49. The fourth-order valence-electron chi connectivity index (χ4n) is 2.55. The Morgan fingerprint density at radius 3 is 2.57 bits per heavy atom. The van der Waals surface area contributed by atoms with E-state index in [1.807, 2.05) is 0 Å². The highest BCUT2D eigenvalue weighted by molar-refractivity contribution is 5.94. The number of amides is 1. The van der Waals surface area contributed by atoms with Crippen molar-refractivity contribution < 1.29 is 19.4 Å². The van der Waals surface area contributed by atoms with E-state index in [9.17, 15) is 14.7 Å². The summed E-state index contributed by atoms with van der Waals surface area (Å²) < 4.78 is 5.25. The minimum absolute atomic E-state index is 0.334. The molecule has 0 radical (unpaired) electrons. The first-order valence-electron chi connectivity index (χ1n) is 6.90. The fourth-order valence-corrected chi connectivity index (χ4v) is 2.55. The van der Waals surface area contributed by atoms with Crippen LogP contribution in [-0.2, 0) is 9.53 Å². The van der Waals surface area contributed by atoms with E-state index in [0.717, 1.165) is 11.3 Å². The predicted molar refractivity (Wildman–Crippen MR) is 78.3 cm³/mol. The molecule has 1 amide bonds. The molecule has 0 aromatic heterocycles. The summed E-state index contributed by atoms with van der Waals surface area (Å²) in [5, 5.41) is 12.6. The van der Waals surface area contributed by atoms with Gasteiger partial charge in [0.15, 0.2) is 0 Å². The standard InChI is InChI=1S/C15H20N2O4/c1-10-8-11(2-3-12(10)13(16)18)17-9-15(14(19)20)4-6-21-7-5-15/h2-3,8,17H,4-7,9H2,1H3,(H2,16,18)(H,19,20). The van der Waals surface area contributed by atoms with Gasteiger partial charge in [0, 0.05) is 31.0 Å². The van der Waals surface area contributed by atoms with Crippen LogP contribution >= 0.6 is 0 Å². The minimum atomic E-state index is -0.802. The van der Waals surface area contributed by atoms with Crippen molar-refractivity contribution in [2.45, 2.75) is 19.8 Å². The molecule has 0 unspecified atom stereocenters. The molecule has 0 bridgehead atoms. The van der Waals surface area contributed by atoms with Crippen LogP contribution in [0.4, 0.5) is 5.69 Å². The van der Waals surface area contributed by atoms with Gasteiger partial charge in [0.1, 0.15) is 0 Å². The summed E-state index contributed by atoms with van der Waals surface area (Å²) in [5.74, 6) is -1.27. The lowest BCUT2D eigenvalue weighted by Gasteiger charge is -2.33. The average molecular weight is 292 g/mol. The number of anilines is 1. The third-order valence-electron chi connectivity index (χ3n) is 4.03. The third-order valence-corrected chi connectivity index (χ3v) is 4.03. The highest BCUT2D eigenvalue weighted by atomic mass is 16.5. The van der Waals surface area contributed by atoms with E-state index in [1.165, 1.54) is 0 Å². The van der Waals surface area contributed by atoms with Gasteiger partial charge in [-0.05, 0) is 43.5 Å². The zero-order chi connectivity index (χ0) is 15.5. The molecule has 1 aliphatic heterocycles. The molecule has 21 heavy (non-hydrogen) atoms. The third kappa shape index (κ3) is 3.33. The molecule has 1 fully saturated rings. The Hall–Kier alpha value is -2.08. The number of carbonyl (C=O) groups excluding carboxylic acids is 1. The second-order valence-electron chi connectivity index (χ2n) is 5.45. The van der Waals surface area contributed by atoms with Crippen LogP contribution in [0.1, 0.15) is 28.8 Å². The molecule has 2 rings (SSSR count). The van der Waals surface area contributed by atoms with E-state index in [2.05, 4.69) is 5.32 Å². The maximum Gasteiger partial charge on any atom is 0.311 e. The first-order valence-corrected chi connectivity index (χ1v) is 6.90. The van der Waals surface area contributed by atoms with E-state index in [0.29, 0.717) is 38.2 Å². The van der Waals surface area contributed by atoms with Gasteiger partial charge in [-0.25, -0.2) is 0 Å². The molecule has 0 saturated carbocycles. The quantitative estimate of drug-likeness (QED) is 0.761. The van der Waals surface area contributed by atoms with Crippen molar-refractivity contribution in [2.75, 3.05) is 25.1 Å². The molecule has 0 atom stereocenters. The number of primary amides is 1. The number of carboxylic acids is 1. The molecule has 4 N–H and O–H groups in total. The molecule has 114 valence electrons. The van der Waals surface area contributed by atoms with Crippen molar-refractivity contribution in [3.05, 3.63) is 29.3 Å². The summed E-state index contributed by atoms with van der Waals surface area (Å²) in [6, 6.07) is 5.19. The Kier molecular flexibility index (Phi) is 4.47. The molecule has 0 aliphatic carbocycles. The van der Waals surface area contributed by atoms with Crippen LogP contribution in [0, 0.1) is 12.3 Å². The van der Waals surface area contributed by atoms with Crippen LogP contribution in [0.3, 0.4) is 0 Å². The second kappa shape index (κ2) is 6.13. The molecule has 1 aliphatic rings. The summed E-state index contributed by atoms with van der Waals surface area (Å²) in [7, 11) is 0. The summed E-state index contributed by atoms with van der Waals surface area (Å²) in [4.78, 5) is 22.7. The molecule has 1 aromatic rings. The highest BCUT2D eigenvalue weighted by Gasteiger charge is 2.40. The van der Waals surface area contributed by atoms with E-state index in [-0.39, 0.29) is 0 Å². The molecule has 6 nitrogen and oxygen atoms in total. The lowest BCUT2D eigenvalue weighted by atomic mass is 9.80. The van der Waals surface area contributed by atoms with Gasteiger partial charge in [-0.3, -0.25) is 9.59 Å². The fraction of sp³-hybridized carbons (Fsp3) is 0.467. The van der Waals surface area contributed by atoms with Crippen LogP contribution in [-0.4, -0.2) is 36.7 Å². The number of carboxylic acid groups (broad SMARTS) is 1. The predicted octanol–water partition coefficient (Wildman–Crippen LogP) is 1.39. The number of ether oxygens (including phenoxy) is 1. The number of aryl methyl sites for hydroxylation is 1. The van der Waals surface area contributed by atoms with Gasteiger partial charge in [0.25, 0.3) is 0 Å². The Morgan fingerprint density at radius 1 is 1.38 bits per heavy atom. The number of carbonyl (C=O) groups is 2. The topological polar surface area (TPSA) is 102 Å². The van der Waals surface area contributed by atoms with E-state index < -0.39 is 17.3 Å². The maximum absolute atomic E-state index is 11.6. The number of aliphatic carboxylic acids is 1. The summed E-state index contributed by atoms with van der Waals surface area (Å²) >= 11 is 0. The Labute approximate surface area is 123 Å². The number of nitrogens with one attached hydrogen (secondary N) is 1. The lowest BCUT2D eigenvalue weighted by molar-refractivity contribution is -0.153. The average Bonchev–Trinajstić information content (AvgIpc) is 2.45. The van der Waals surface area contributed by atoms with Crippen LogP contribution < -0.4 is 11.1 Å². The van der Waals surface area contributed by atoms with Gasteiger partial charge in [-0.1, -0.05) is 0 Å². The second-order valence-corrected chi connectivity index (χ2v) is 5.45. The molecule has 6 heteroatoms. The Balaban J connectivity index is 2.09. The molecular formula is C15H20N2O4. The number of hydrogen-bond donors (Lipinski definition) is 3. The summed E-state index contributed by atoms with van der Waals surface area (Å²) in [6.45, 7) is 3.06. The minimum Gasteiger partial charge on any atom is -0.481 e. The zero-order valence-corrected chi connectivity index (χ0v) is 12.0. The molecule has 1 saturated heterocycles. The maximum atomic E-state index is 11.6. The highest BCUT2D eigenvalue weighted by Crippen LogP contribution is 2.31.